The summed E-state index contributed by atoms with van der Waals surface area (Å²) in [5.41, 5.74) is 0.757. The lowest BCUT2D eigenvalue weighted by Gasteiger charge is -2.27. The monoisotopic (exact) mass is 410 g/mol. The smallest absolute Gasteiger partial charge is 0.290 e. The van der Waals surface area contributed by atoms with E-state index in [0.29, 0.717) is 30.0 Å². The molecule has 1 amide bonds. The first-order valence-corrected chi connectivity index (χ1v) is 9.71. The molecular formula is C23H26N2O5. The second kappa shape index (κ2) is 9.45. The topological polar surface area (TPSA) is 83.2 Å². The zero-order chi connectivity index (χ0) is 21.7. The van der Waals surface area contributed by atoms with Gasteiger partial charge in [-0.15, -0.1) is 0 Å². The second-order valence-electron chi connectivity index (χ2n) is 7.31. The first-order chi connectivity index (χ1) is 14.4. The number of hydrogen-bond donors (Lipinski definition) is 1. The molecule has 0 spiro atoms. The molecule has 3 rings (SSSR count). The summed E-state index contributed by atoms with van der Waals surface area (Å²) in [5.74, 6) is -0.385. The number of aliphatic hydroxyl groups excluding tert-OH is 1. The fourth-order valence-electron chi connectivity index (χ4n) is 3.49. The van der Waals surface area contributed by atoms with Crippen LogP contribution in [0.3, 0.4) is 0 Å². The van der Waals surface area contributed by atoms with Crippen LogP contribution in [0.5, 0.6) is 5.75 Å². The Hall–Kier alpha value is -3.32. The van der Waals surface area contributed by atoms with Crippen LogP contribution in [0.2, 0.25) is 0 Å². The molecule has 1 unspecified atom stereocenters. The van der Waals surface area contributed by atoms with Crippen LogP contribution in [-0.4, -0.2) is 60.9 Å². The Morgan fingerprint density at radius 1 is 1.30 bits per heavy atom. The van der Waals surface area contributed by atoms with Crippen LogP contribution in [0.1, 0.15) is 23.8 Å². The average Bonchev–Trinajstić information content (AvgIpc) is 3.34. The number of ketones is 1. The molecule has 1 aliphatic heterocycles. The number of allylic oxidation sites excluding steroid dienone is 1. The third kappa shape index (κ3) is 4.63. The quantitative estimate of drug-likeness (QED) is 0.639. The van der Waals surface area contributed by atoms with Crippen LogP contribution >= 0.6 is 0 Å². The third-order valence-corrected chi connectivity index (χ3v) is 4.93. The van der Waals surface area contributed by atoms with Gasteiger partial charge in [0, 0.05) is 6.54 Å². The summed E-state index contributed by atoms with van der Waals surface area (Å²) in [6.45, 7) is 1.18. The Balaban J connectivity index is 1.96. The van der Waals surface area contributed by atoms with Crippen molar-refractivity contribution in [2.75, 3.05) is 34.3 Å². The highest BCUT2D eigenvalue weighted by atomic mass is 16.5. The van der Waals surface area contributed by atoms with E-state index in [-0.39, 0.29) is 5.57 Å². The Kier molecular flexibility index (Phi) is 6.74. The van der Waals surface area contributed by atoms with Crippen LogP contribution in [0.25, 0.3) is 6.08 Å². The van der Waals surface area contributed by atoms with Crippen LogP contribution in [0, 0.1) is 0 Å². The minimum atomic E-state index is -0.691. The fourth-order valence-corrected chi connectivity index (χ4v) is 3.49. The number of amides is 1. The zero-order valence-electron chi connectivity index (χ0n) is 17.4. The summed E-state index contributed by atoms with van der Waals surface area (Å²) < 4.78 is 10.5. The third-order valence-electron chi connectivity index (χ3n) is 4.93. The summed E-state index contributed by atoms with van der Waals surface area (Å²) in [4.78, 5) is 29.4. The molecular weight excluding hydrogens is 384 g/mol. The maximum atomic E-state index is 13.0. The van der Waals surface area contributed by atoms with E-state index in [9.17, 15) is 14.7 Å². The van der Waals surface area contributed by atoms with Gasteiger partial charge >= 0.3 is 0 Å². The van der Waals surface area contributed by atoms with E-state index in [1.54, 1.807) is 42.3 Å². The predicted octanol–water partition coefficient (Wildman–Crippen LogP) is 3.22. The van der Waals surface area contributed by atoms with Gasteiger partial charge in [0.1, 0.15) is 11.5 Å². The molecule has 1 aromatic carbocycles. The molecule has 30 heavy (non-hydrogen) atoms. The van der Waals surface area contributed by atoms with Crippen LogP contribution in [-0.2, 0) is 9.59 Å². The molecule has 0 aliphatic carbocycles. The highest BCUT2D eigenvalue weighted by molar-refractivity contribution is 6.14. The molecule has 1 aliphatic rings. The number of aliphatic hydroxyl groups is 1. The Bertz CT molecular complexity index is 960. The largest absolute Gasteiger partial charge is 0.503 e. The minimum absolute atomic E-state index is 0.0564. The average molecular weight is 410 g/mol. The van der Waals surface area contributed by atoms with Gasteiger partial charge in [0.25, 0.3) is 5.91 Å². The molecule has 158 valence electrons. The van der Waals surface area contributed by atoms with Crippen molar-refractivity contribution < 1.29 is 23.8 Å². The van der Waals surface area contributed by atoms with Gasteiger partial charge in [-0.1, -0.05) is 12.1 Å². The molecule has 0 bridgehead atoms. The van der Waals surface area contributed by atoms with Crippen molar-refractivity contribution in [2.24, 2.45) is 0 Å². The molecule has 0 radical (unpaired) electrons. The van der Waals surface area contributed by atoms with Crippen LogP contribution in [0.4, 0.5) is 0 Å². The van der Waals surface area contributed by atoms with Crippen molar-refractivity contribution in [3.05, 3.63) is 71.4 Å². The summed E-state index contributed by atoms with van der Waals surface area (Å²) >= 11 is 0. The summed E-state index contributed by atoms with van der Waals surface area (Å²) in [5, 5.41) is 10.6. The lowest BCUT2D eigenvalue weighted by molar-refractivity contribution is -0.129. The van der Waals surface area contributed by atoms with Crippen molar-refractivity contribution in [3.8, 4) is 5.75 Å². The lowest BCUT2D eigenvalue weighted by atomic mass is 9.95. The first kappa shape index (κ1) is 21.4. The second-order valence-corrected chi connectivity index (χ2v) is 7.31. The van der Waals surface area contributed by atoms with Crippen molar-refractivity contribution in [3.63, 3.8) is 0 Å². The van der Waals surface area contributed by atoms with E-state index >= 15 is 0 Å². The van der Waals surface area contributed by atoms with Gasteiger partial charge < -0.3 is 24.1 Å². The maximum absolute atomic E-state index is 13.0. The van der Waals surface area contributed by atoms with Gasteiger partial charge in [-0.3, -0.25) is 9.59 Å². The van der Waals surface area contributed by atoms with E-state index < -0.39 is 23.5 Å². The van der Waals surface area contributed by atoms with Gasteiger partial charge in [-0.25, -0.2) is 0 Å². The van der Waals surface area contributed by atoms with Gasteiger partial charge in [0.15, 0.2) is 11.5 Å². The molecule has 0 saturated carbocycles. The number of rotatable bonds is 9. The molecule has 7 nitrogen and oxygen atoms in total. The SMILES string of the molecule is COc1cccc(C2C(C(=O)C=Cc3ccco3)=C(O)C(=O)N2CCCN(C)C)c1. The Morgan fingerprint density at radius 2 is 2.10 bits per heavy atom. The van der Waals surface area contributed by atoms with E-state index in [2.05, 4.69) is 0 Å². The zero-order valence-corrected chi connectivity index (χ0v) is 17.4. The fraction of sp³-hybridized carbons (Fsp3) is 0.304. The normalized spacial score (nSPS) is 16.9. The molecule has 0 saturated heterocycles. The van der Waals surface area contributed by atoms with E-state index in [4.69, 9.17) is 9.15 Å². The number of methoxy groups -OCH3 is 1. The van der Waals surface area contributed by atoms with Gasteiger partial charge in [-0.2, -0.15) is 0 Å². The molecule has 2 aromatic rings. The molecule has 2 heterocycles. The van der Waals surface area contributed by atoms with E-state index in [1.165, 1.54) is 18.4 Å². The number of carbonyl (C=O) groups is 2. The van der Waals surface area contributed by atoms with Crippen molar-refractivity contribution in [2.45, 2.75) is 12.5 Å². The summed E-state index contributed by atoms with van der Waals surface area (Å²) in [6, 6.07) is 9.92. The predicted molar refractivity (Wildman–Crippen MR) is 113 cm³/mol. The Labute approximate surface area is 175 Å². The first-order valence-electron chi connectivity index (χ1n) is 9.71. The molecule has 0 fully saturated rings. The van der Waals surface area contributed by atoms with Crippen LogP contribution in [0.15, 0.2) is 64.5 Å². The molecule has 7 heteroatoms. The number of furan rings is 1. The van der Waals surface area contributed by atoms with Crippen molar-refractivity contribution in [1.29, 1.82) is 0 Å². The van der Waals surface area contributed by atoms with E-state index in [1.807, 2.05) is 25.1 Å². The maximum Gasteiger partial charge on any atom is 0.290 e. The highest BCUT2D eigenvalue weighted by Crippen LogP contribution is 2.39. The number of nitrogens with zero attached hydrogens (tertiary/aromatic N) is 2. The van der Waals surface area contributed by atoms with Crippen molar-refractivity contribution >= 4 is 17.8 Å². The number of carbonyl (C=O) groups excluding carboxylic acids is 2. The van der Waals surface area contributed by atoms with Crippen LogP contribution < -0.4 is 4.74 Å². The van der Waals surface area contributed by atoms with E-state index in [0.717, 1.165) is 6.54 Å². The number of benzene rings is 1. The number of hydrogen-bond acceptors (Lipinski definition) is 6. The minimum Gasteiger partial charge on any atom is -0.503 e. The summed E-state index contributed by atoms with van der Waals surface area (Å²) in [7, 11) is 5.46. The standard InChI is InChI=1S/C23H26N2O5/c1-24(2)12-6-13-25-21(16-7-4-8-18(15-16)29-3)20(22(27)23(25)28)19(26)11-10-17-9-5-14-30-17/h4-5,7-11,14-15,21,27H,6,12-13H2,1-3H3. The Morgan fingerprint density at radius 3 is 2.77 bits per heavy atom. The highest BCUT2D eigenvalue weighted by Gasteiger charge is 2.42. The molecule has 1 aromatic heterocycles. The number of ether oxygens (including phenoxy) is 1. The summed E-state index contributed by atoms with van der Waals surface area (Å²) in [6.07, 6.45) is 5.04. The van der Waals surface area contributed by atoms with Gasteiger partial charge in [-0.05, 0) is 69.0 Å². The van der Waals surface area contributed by atoms with Gasteiger partial charge in [0.05, 0.1) is 25.0 Å². The molecule has 1 atom stereocenters. The lowest BCUT2D eigenvalue weighted by Crippen LogP contribution is -2.33. The van der Waals surface area contributed by atoms with Crippen molar-refractivity contribution in [1.82, 2.24) is 9.80 Å². The molecule has 1 N–H and O–H groups in total. The van der Waals surface area contributed by atoms with Gasteiger partial charge in [0.2, 0.25) is 0 Å².